The highest BCUT2D eigenvalue weighted by atomic mass is 16.5. The van der Waals surface area contributed by atoms with Crippen molar-refractivity contribution in [1.29, 1.82) is 0 Å². The molecule has 1 amide bonds. The van der Waals surface area contributed by atoms with Crippen LogP contribution in [0.3, 0.4) is 0 Å². The van der Waals surface area contributed by atoms with Crippen molar-refractivity contribution in [2.24, 2.45) is 0 Å². The van der Waals surface area contributed by atoms with Crippen LogP contribution in [0.5, 0.6) is 0 Å². The van der Waals surface area contributed by atoms with Gasteiger partial charge in [0.25, 0.3) is 5.91 Å². The molecular formula is C16H11N5O2. The summed E-state index contributed by atoms with van der Waals surface area (Å²) in [5.41, 5.74) is 3.26. The maximum Gasteiger partial charge on any atom is 0.276 e. The van der Waals surface area contributed by atoms with Gasteiger partial charge in [-0.1, -0.05) is 11.2 Å². The van der Waals surface area contributed by atoms with E-state index in [4.69, 9.17) is 0 Å². The Morgan fingerprint density at radius 2 is 2.22 bits per heavy atom. The van der Waals surface area contributed by atoms with Crippen molar-refractivity contribution in [1.82, 2.24) is 19.5 Å². The van der Waals surface area contributed by atoms with Gasteiger partial charge in [0.2, 0.25) is 0 Å². The normalized spacial score (nSPS) is 10.8. The first kappa shape index (κ1) is 13.2. The summed E-state index contributed by atoms with van der Waals surface area (Å²) < 4.78 is 6.46. The molecule has 4 heterocycles. The number of nitrogens with zero attached hydrogens (tertiary/aromatic N) is 4. The van der Waals surface area contributed by atoms with E-state index in [1.807, 2.05) is 36.5 Å². The SMILES string of the molecule is O=C(Nc1cnoc1)c1cn2ccc(-c3ccccn3)cc2n1. The van der Waals surface area contributed by atoms with Gasteiger partial charge < -0.3 is 14.2 Å². The number of amides is 1. The first-order chi connectivity index (χ1) is 11.3. The van der Waals surface area contributed by atoms with Gasteiger partial charge in [0, 0.05) is 24.2 Å². The van der Waals surface area contributed by atoms with Crippen LogP contribution in [0, 0.1) is 0 Å². The summed E-state index contributed by atoms with van der Waals surface area (Å²) in [6.45, 7) is 0. The molecule has 7 nitrogen and oxygen atoms in total. The molecule has 4 rings (SSSR count). The number of anilines is 1. The second-order valence-corrected chi connectivity index (χ2v) is 4.89. The molecule has 4 aromatic rings. The Kier molecular flexibility index (Phi) is 3.09. The maximum atomic E-state index is 12.2. The topological polar surface area (TPSA) is 85.3 Å². The highest BCUT2D eigenvalue weighted by molar-refractivity contribution is 6.03. The summed E-state index contributed by atoms with van der Waals surface area (Å²) in [7, 11) is 0. The zero-order valence-electron chi connectivity index (χ0n) is 11.9. The summed E-state index contributed by atoms with van der Waals surface area (Å²) in [5.74, 6) is -0.323. The van der Waals surface area contributed by atoms with E-state index in [-0.39, 0.29) is 5.91 Å². The predicted octanol–water partition coefficient (Wildman–Crippen LogP) is 2.64. The summed E-state index contributed by atoms with van der Waals surface area (Å²) in [4.78, 5) is 20.8. The van der Waals surface area contributed by atoms with Crippen molar-refractivity contribution in [3.63, 3.8) is 0 Å². The molecule has 0 aliphatic rings. The number of nitrogens with one attached hydrogen (secondary N) is 1. The molecule has 0 fully saturated rings. The molecule has 112 valence electrons. The number of carbonyl (C=O) groups excluding carboxylic acids is 1. The van der Waals surface area contributed by atoms with Crippen molar-refractivity contribution in [2.75, 3.05) is 5.32 Å². The molecule has 0 aliphatic heterocycles. The summed E-state index contributed by atoms with van der Waals surface area (Å²) in [6.07, 6.45) is 8.03. The van der Waals surface area contributed by atoms with Crippen molar-refractivity contribution in [3.05, 3.63) is 67.1 Å². The van der Waals surface area contributed by atoms with Gasteiger partial charge in [0.05, 0.1) is 11.9 Å². The van der Waals surface area contributed by atoms with Crippen LogP contribution in [0.15, 0.2) is 65.9 Å². The smallest absolute Gasteiger partial charge is 0.276 e. The minimum atomic E-state index is -0.323. The molecule has 23 heavy (non-hydrogen) atoms. The van der Waals surface area contributed by atoms with E-state index < -0.39 is 0 Å². The molecule has 0 atom stereocenters. The zero-order valence-corrected chi connectivity index (χ0v) is 11.9. The van der Waals surface area contributed by atoms with Gasteiger partial charge in [-0.2, -0.15) is 0 Å². The number of hydrogen-bond donors (Lipinski definition) is 1. The van der Waals surface area contributed by atoms with Crippen LogP contribution >= 0.6 is 0 Å². The molecule has 0 radical (unpaired) electrons. The highest BCUT2D eigenvalue weighted by Gasteiger charge is 2.12. The van der Waals surface area contributed by atoms with Crippen LogP contribution in [0.25, 0.3) is 16.9 Å². The minimum absolute atomic E-state index is 0.310. The van der Waals surface area contributed by atoms with Crippen LogP contribution in [0.1, 0.15) is 10.5 Å². The lowest BCUT2D eigenvalue weighted by molar-refractivity contribution is 0.102. The molecular weight excluding hydrogens is 294 g/mol. The standard InChI is InChI=1S/C16H11N5O2/c22-16(19-12-8-18-23-10-12)14-9-21-6-4-11(7-15(21)20-14)13-3-1-2-5-17-13/h1-10H,(H,19,22). The van der Waals surface area contributed by atoms with Crippen molar-refractivity contribution >= 4 is 17.2 Å². The van der Waals surface area contributed by atoms with E-state index >= 15 is 0 Å². The number of carbonyl (C=O) groups is 1. The molecule has 7 heteroatoms. The summed E-state index contributed by atoms with van der Waals surface area (Å²) >= 11 is 0. The van der Waals surface area contributed by atoms with Crippen molar-refractivity contribution in [3.8, 4) is 11.3 Å². The van der Waals surface area contributed by atoms with Crippen LogP contribution in [0.2, 0.25) is 0 Å². The predicted molar refractivity (Wildman–Crippen MR) is 82.9 cm³/mol. The van der Waals surface area contributed by atoms with E-state index in [9.17, 15) is 4.79 Å². The Morgan fingerprint density at radius 3 is 3.00 bits per heavy atom. The third-order valence-electron chi connectivity index (χ3n) is 3.34. The Morgan fingerprint density at radius 1 is 1.26 bits per heavy atom. The van der Waals surface area contributed by atoms with Crippen LogP contribution in [-0.2, 0) is 0 Å². The monoisotopic (exact) mass is 305 g/mol. The zero-order chi connectivity index (χ0) is 15.6. The Balaban J connectivity index is 1.67. The van der Waals surface area contributed by atoms with Gasteiger partial charge in [0.1, 0.15) is 23.3 Å². The van der Waals surface area contributed by atoms with E-state index in [2.05, 4.69) is 25.0 Å². The van der Waals surface area contributed by atoms with E-state index in [0.29, 0.717) is 17.0 Å². The molecule has 0 bridgehead atoms. The average Bonchev–Trinajstić information content (AvgIpc) is 3.24. The number of fused-ring (bicyclic) bond motifs is 1. The fraction of sp³-hybridized carbons (Fsp3) is 0. The molecule has 0 aliphatic carbocycles. The minimum Gasteiger partial charge on any atom is -0.363 e. The van der Waals surface area contributed by atoms with E-state index in [1.54, 1.807) is 16.8 Å². The van der Waals surface area contributed by atoms with Gasteiger partial charge in [-0.3, -0.25) is 9.78 Å². The highest BCUT2D eigenvalue weighted by Crippen LogP contribution is 2.18. The first-order valence-corrected chi connectivity index (χ1v) is 6.90. The van der Waals surface area contributed by atoms with E-state index in [1.165, 1.54) is 12.5 Å². The third kappa shape index (κ3) is 2.55. The maximum absolute atomic E-state index is 12.2. The second kappa shape index (κ2) is 5.38. The summed E-state index contributed by atoms with van der Waals surface area (Å²) in [5, 5.41) is 6.20. The van der Waals surface area contributed by atoms with Crippen LogP contribution < -0.4 is 5.32 Å². The van der Waals surface area contributed by atoms with Gasteiger partial charge >= 0.3 is 0 Å². The molecule has 0 saturated heterocycles. The lowest BCUT2D eigenvalue weighted by atomic mass is 10.2. The molecule has 0 saturated carbocycles. The Labute approximate surface area is 130 Å². The quantitative estimate of drug-likeness (QED) is 0.629. The second-order valence-electron chi connectivity index (χ2n) is 4.89. The first-order valence-electron chi connectivity index (χ1n) is 6.90. The van der Waals surface area contributed by atoms with Gasteiger partial charge in [-0.25, -0.2) is 4.98 Å². The van der Waals surface area contributed by atoms with Gasteiger partial charge in [-0.15, -0.1) is 0 Å². The molecule has 4 aromatic heterocycles. The van der Waals surface area contributed by atoms with E-state index in [0.717, 1.165) is 11.3 Å². The number of hydrogen-bond acceptors (Lipinski definition) is 5. The third-order valence-corrected chi connectivity index (χ3v) is 3.34. The largest absolute Gasteiger partial charge is 0.363 e. The van der Waals surface area contributed by atoms with Gasteiger partial charge in [0.15, 0.2) is 0 Å². The van der Waals surface area contributed by atoms with Gasteiger partial charge in [-0.05, 0) is 24.3 Å². The molecule has 0 unspecified atom stereocenters. The summed E-state index contributed by atoms with van der Waals surface area (Å²) in [6, 6.07) is 9.53. The van der Waals surface area contributed by atoms with Crippen LogP contribution in [-0.4, -0.2) is 25.4 Å². The molecule has 1 N–H and O–H groups in total. The van der Waals surface area contributed by atoms with Crippen molar-refractivity contribution in [2.45, 2.75) is 0 Å². The molecule has 0 spiro atoms. The average molecular weight is 305 g/mol. The number of rotatable bonds is 3. The number of imidazole rings is 1. The number of aromatic nitrogens is 4. The number of pyridine rings is 2. The Bertz CT molecular complexity index is 961. The Hall–Kier alpha value is -3.48. The lowest BCUT2D eigenvalue weighted by Crippen LogP contribution is -2.11. The van der Waals surface area contributed by atoms with Crippen LogP contribution in [0.4, 0.5) is 5.69 Å². The lowest BCUT2D eigenvalue weighted by Gasteiger charge is -2.00. The fourth-order valence-corrected chi connectivity index (χ4v) is 2.25. The van der Waals surface area contributed by atoms with Crippen molar-refractivity contribution < 1.29 is 9.32 Å². The molecule has 0 aromatic carbocycles. The fourth-order valence-electron chi connectivity index (χ4n) is 2.25.